The molecule has 2 rings (SSSR count). The summed E-state index contributed by atoms with van der Waals surface area (Å²) >= 11 is 0. The van der Waals surface area contributed by atoms with Crippen molar-refractivity contribution in [2.24, 2.45) is 5.92 Å². The van der Waals surface area contributed by atoms with E-state index in [4.69, 9.17) is 9.47 Å². The molecule has 1 aromatic carbocycles. The Labute approximate surface area is 153 Å². The van der Waals surface area contributed by atoms with Crippen LogP contribution in [-0.2, 0) is 9.59 Å². The number of allylic oxidation sites excluding steroid dienone is 3. The quantitative estimate of drug-likeness (QED) is 0.429. The van der Waals surface area contributed by atoms with Crippen LogP contribution in [0, 0.1) is 12.8 Å². The van der Waals surface area contributed by atoms with Crippen molar-refractivity contribution in [1.29, 1.82) is 0 Å². The number of rotatable bonds is 5. The van der Waals surface area contributed by atoms with E-state index in [2.05, 4.69) is 6.58 Å². The summed E-state index contributed by atoms with van der Waals surface area (Å²) in [5.41, 5.74) is 3.01. The Balaban J connectivity index is 2.69. The van der Waals surface area contributed by atoms with Gasteiger partial charge in [-0.25, -0.2) is 4.39 Å². The predicted molar refractivity (Wildman–Crippen MR) is 98.1 cm³/mol. The van der Waals surface area contributed by atoms with Crippen molar-refractivity contribution in [2.75, 3.05) is 6.67 Å². The van der Waals surface area contributed by atoms with Gasteiger partial charge in [0.25, 0.3) is 0 Å². The summed E-state index contributed by atoms with van der Waals surface area (Å²) in [5, 5.41) is 0. The minimum absolute atomic E-state index is 0.157. The van der Waals surface area contributed by atoms with E-state index >= 15 is 0 Å². The highest BCUT2D eigenvalue weighted by Crippen LogP contribution is 2.47. The zero-order valence-electron chi connectivity index (χ0n) is 15.7. The van der Waals surface area contributed by atoms with Crippen molar-refractivity contribution in [3.8, 4) is 11.5 Å². The molecule has 0 amide bonds. The number of hydrogen-bond donors (Lipinski definition) is 0. The van der Waals surface area contributed by atoms with Gasteiger partial charge in [0.15, 0.2) is 0 Å². The van der Waals surface area contributed by atoms with E-state index in [0.717, 1.165) is 24.0 Å². The van der Waals surface area contributed by atoms with Gasteiger partial charge in [-0.1, -0.05) is 18.2 Å². The molecule has 0 spiro atoms. The minimum Gasteiger partial charge on any atom is -0.426 e. The number of alkyl halides is 1. The number of benzene rings is 1. The molecule has 1 aliphatic rings. The van der Waals surface area contributed by atoms with Crippen LogP contribution in [0.25, 0.3) is 0 Å². The van der Waals surface area contributed by atoms with Crippen molar-refractivity contribution in [3.05, 3.63) is 47.1 Å². The maximum atomic E-state index is 13.4. The molecular formula is C21H25FO4. The molecule has 2 atom stereocenters. The highest BCUT2D eigenvalue weighted by atomic mass is 19.1. The molecule has 0 radical (unpaired) electrons. The van der Waals surface area contributed by atoms with Gasteiger partial charge >= 0.3 is 11.9 Å². The third-order valence-corrected chi connectivity index (χ3v) is 4.53. The molecule has 0 bridgehead atoms. The minimum atomic E-state index is -0.619. The largest absolute Gasteiger partial charge is 0.426 e. The lowest BCUT2D eigenvalue weighted by Crippen LogP contribution is -2.21. The highest BCUT2D eigenvalue weighted by molar-refractivity contribution is 5.73. The standard InChI is InChI=1S/C21H25FO4/c1-12-6-7-17(14(3)11-22)18(8-12)21-19(25-15(4)23)9-13(2)10-20(21)26-16(5)24/h8-10,17-18H,3,6-7,11H2,1-2,4-5H3/t17-,18?/m0/s1. The fourth-order valence-electron chi connectivity index (χ4n) is 3.45. The Hall–Kier alpha value is -2.43. The summed E-state index contributed by atoms with van der Waals surface area (Å²) in [6.07, 6.45) is 3.61. The summed E-state index contributed by atoms with van der Waals surface area (Å²) in [4.78, 5) is 23.2. The van der Waals surface area contributed by atoms with Crippen LogP contribution in [0.4, 0.5) is 4.39 Å². The van der Waals surface area contributed by atoms with Gasteiger partial charge in [0.2, 0.25) is 0 Å². The molecule has 0 N–H and O–H groups in total. The van der Waals surface area contributed by atoms with Gasteiger partial charge < -0.3 is 9.47 Å². The van der Waals surface area contributed by atoms with Crippen LogP contribution in [-0.4, -0.2) is 18.6 Å². The van der Waals surface area contributed by atoms with Crippen LogP contribution in [0.5, 0.6) is 11.5 Å². The normalized spacial score (nSPS) is 19.5. The van der Waals surface area contributed by atoms with E-state index < -0.39 is 18.6 Å². The number of carbonyl (C=O) groups is 2. The summed E-state index contributed by atoms with van der Waals surface area (Å²) in [6.45, 7) is 9.72. The van der Waals surface area contributed by atoms with Crippen LogP contribution in [0.15, 0.2) is 35.9 Å². The number of hydrogen-bond acceptors (Lipinski definition) is 4. The fourth-order valence-corrected chi connectivity index (χ4v) is 3.45. The number of esters is 2. The Morgan fingerprint density at radius 3 is 2.15 bits per heavy atom. The molecule has 0 aliphatic heterocycles. The van der Waals surface area contributed by atoms with Crippen LogP contribution >= 0.6 is 0 Å². The molecule has 26 heavy (non-hydrogen) atoms. The molecule has 140 valence electrons. The van der Waals surface area contributed by atoms with Crippen LogP contribution in [0.2, 0.25) is 0 Å². The molecule has 0 heterocycles. The van der Waals surface area contributed by atoms with Gasteiger partial charge in [-0.3, -0.25) is 9.59 Å². The van der Waals surface area contributed by atoms with Gasteiger partial charge in [0.05, 0.1) is 0 Å². The lowest BCUT2D eigenvalue weighted by atomic mass is 9.73. The average Bonchev–Trinajstić information content (AvgIpc) is 2.52. The summed E-state index contributed by atoms with van der Waals surface area (Å²) < 4.78 is 24.2. The van der Waals surface area contributed by atoms with Crippen LogP contribution in [0.3, 0.4) is 0 Å². The smallest absolute Gasteiger partial charge is 0.308 e. The van der Waals surface area contributed by atoms with Gasteiger partial charge in [-0.05, 0) is 55.9 Å². The average molecular weight is 360 g/mol. The first-order chi connectivity index (χ1) is 12.2. The topological polar surface area (TPSA) is 52.6 Å². The molecule has 0 aromatic heterocycles. The second-order valence-electron chi connectivity index (χ2n) is 6.84. The molecule has 1 unspecified atom stereocenters. The predicted octanol–water partition coefficient (Wildman–Crippen LogP) is 4.81. The first-order valence-electron chi connectivity index (χ1n) is 8.65. The zero-order valence-corrected chi connectivity index (χ0v) is 15.7. The molecule has 0 saturated carbocycles. The number of ether oxygens (including phenoxy) is 2. The van der Waals surface area contributed by atoms with Crippen molar-refractivity contribution in [1.82, 2.24) is 0 Å². The zero-order chi connectivity index (χ0) is 19.4. The van der Waals surface area contributed by atoms with Crippen LogP contribution < -0.4 is 9.47 Å². The third-order valence-electron chi connectivity index (χ3n) is 4.53. The van der Waals surface area contributed by atoms with E-state index in [0.29, 0.717) is 22.6 Å². The lowest BCUT2D eigenvalue weighted by molar-refractivity contribution is -0.132. The molecular weight excluding hydrogens is 335 g/mol. The number of carbonyl (C=O) groups excluding carboxylic acids is 2. The number of halogens is 1. The summed E-state index contributed by atoms with van der Waals surface area (Å²) in [6, 6.07) is 3.47. The maximum Gasteiger partial charge on any atom is 0.308 e. The Bertz CT molecular complexity index is 726. The van der Waals surface area contributed by atoms with E-state index in [9.17, 15) is 14.0 Å². The van der Waals surface area contributed by atoms with Crippen molar-refractivity contribution in [3.63, 3.8) is 0 Å². The summed E-state index contributed by atoms with van der Waals surface area (Å²) in [7, 11) is 0. The monoisotopic (exact) mass is 360 g/mol. The molecule has 0 saturated heterocycles. The van der Waals surface area contributed by atoms with Crippen molar-refractivity contribution >= 4 is 11.9 Å². The van der Waals surface area contributed by atoms with Crippen LogP contribution in [0.1, 0.15) is 50.7 Å². The van der Waals surface area contributed by atoms with Crippen molar-refractivity contribution in [2.45, 2.75) is 46.5 Å². The van der Waals surface area contributed by atoms with E-state index in [1.54, 1.807) is 12.1 Å². The van der Waals surface area contributed by atoms with Gasteiger partial charge in [-0.2, -0.15) is 0 Å². The second kappa shape index (κ2) is 8.30. The fraction of sp³-hybridized carbons (Fsp3) is 0.429. The molecule has 5 heteroatoms. The first kappa shape index (κ1) is 19.9. The van der Waals surface area contributed by atoms with Gasteiger partial charge in [0.1, 0.15) is 18.2 Å². The van der Waals surface area contributed by atoms with Gasteiger partial charge in [-0.15, -0.1) is 0 Å². The SMILES string of the molecule is C=C(CF)[C@@H]1CCC(C)=CC1c1c(OC(C)=O)cc(C)cc1OC(C)=O. The van der Waals surface area contributed by atoms with E-state index in [-0.39, 0.29) is 11.8 Å². The molecule has 1 aromatic rings. The van der Waals surface area contributed by atoms with Crippen molar-refractivity contribution < 1.29 is 23.5 Å². The molecule has 0 fully saturated rings. The summed E-state index contributed by atoms with van der Waals surface area (Å²) in [5.74, 6) is -0.708. The lowest BCUT2D eigenvalue weighted by Gasteiger charge is -2.32. The Morgan fingerprint density at radius 1 is 1.15 bits per heavy atom. The first-order valence-corrected chi connectivity index (χ1v) is 8.65. The number of aryl methyl sites for hydroxylation is 1. The second-order valence-corrected chi connectivity index (χ2v) is 6.84. The van der Waals surface area contributed by atoms with E-state index in [1.807, 2.05) is 19.9 Å². The third kappa shape index (κ3) is 4.59. The highest BCUT2D eigenvalue weighted by Gasteiger charge is 2.32. The maximum absolute atomic E-state index is 13.4. The van der Waals surface area contributed by atoms with Gasteiger partial charge in [0, 0.05) is 25.3 Å². The Morgan fingerprint density at radius 2 is 1.69 bits per heavy atom. The molecule has 1 aliphatic carbocycles. The van der Waals surface area contributed by atoms with E-state index in [1.165, 1.54) is 13.8 Å². The Kier molecular flexibility index (Phi) is 6.35. The molecule has 4 nitrogen and oxygen atoms in total.